The van der Waals surface area contributed by atoms with Crippen molar-refractivity contribution in [3.8, 4) is 5.75 Å². The lowest BCUT2D eigenvalue weighted by atomic mass is 10.1. The molecular formula is C21H31IO5. The molecule has 0 atom stereocenters. The van der Waals surface area contributed by atoms with Crippen LogP contribution in [0, 0.1) is 3.57 Å². The van der Waals surface area contributed by atoms with E-state index in [1.165, 1.54) is 0 Å². The molecule has 5 nitrogen and oxygen atoms in total. The van der Waals surface area contributed by atoms with Crippen LogP contribution in [0.15, 0.2) is 18.2 Å². The first-order valence-electron chi connectivity index (χ1n) is 9.70. The Morgan fingerprint density at radius 2 is 1.52 bits per heavy atom. The van der Waals surface area contributed by atoms with Gasteiger partial charge in [0.15, 0.2) is 0 Å². The van der Waals surface area contributed by atoms with Crippen LogP contribution < -0.4 is 4.74 Å². The van der Waals surface area contributed by atoms with Gasteiger partial charge in [-0.05, 0) is 59.5 Å². The van der Waals surface area contributed by atoms with E-state index in [2.05, 4.69) is 22.6 Å². The SMILES string of the molecule is CCCOC(=O)CCCCCCCCC(=O)OCc1ccc(OC)c(I)c1. The second kappa shape index (κ2) is 14.7. The predicted molar refractivity (Wildman–Crippen MR) is 114 cm³/mol. The molecule has 0 unspecified atom stereocenters. The van der Waals surface area contributed by atoms with Crippen molar-refractivity contribution >= 4 is 34.5 Å². The molecule has 27 heavy (non-hydrogen) atoms. The van der Waals surface area contributed by atoms with Crippen LogP contribution in [0.5, 0.6) is 5.75 Å². The summed E-state index contributed by atoms with van der Waals surface area (Å²) < 4.78 is 16.6. The van der Waals surface area contributed by atoms with Gasteiger partial charge in [-0.15, -0.1) is 0 Å². The zero-order valence-electron chi connectivity index (χ0n) is 16.4. The number of esters is 2. The van der Waals surface area contributed by atoms with E-state index in [1.54, 1.807) is 7.11 Å². The summed E-state index contributed by atoms with van der Waals surface area (Å²) >= 11 is 2.20. The number of halogens is 1. The second-order valence-electron chi connectivity index (χ2n) is 6.47. The highest BCUT2D eigenvalue weighted by Gasteiger charge is 2.06. The highest BCUT2D eigenvalue weighted by atomic mass is 127. The number of benzene rings is 1. The molecule has 1 aromatic carbocycles. The van der Waals surface area contributed by atoms with Gasteiger partial charge in [0.05, 0.1) is 17.3 Å². The highest BCUT2D eigenvalue weighted by molar-refractivity contribution is 14.1. The minimum atomic E-state index is -0.153. The fourth-order valence-electron chi connectivity index (χ4n) is 2.57. The van der Waals surface area contributed by atoms with E-state index in [4.69, 9.17) is 14.2 Å². The van der Waals surface area contributed by atoms with Crippen LogP contribution in [0.3, 0.4) is 0 Å². The Kier molecular flexibility index (Phi) is 12.9. The Balaban J connectivity index is 2.01. The Bertz CT molecular complexity index is 574. The fourth-order valence-corrected chi connectivity index (χ4v) is 3.37. The highest BCUT2D eigenvalue weighted by Crippen LogP contribution is 2.22. The Morgan fingerprint density at radius 1 is 0.926 bits per heavy atom. The third kappa shape index (κ3) is 11.2. The summed E-state index contributed by atoms with van der Waals surface area (Å²) in [6.07, 6.45) is 7.76. The van der Waals surface area contributed by atoms with Gasteiger partial charge < -0.3 is 14.2 Å². The van der Waals surface area contributed by atoms with Gasteiger partial charge in [0.25, 0.3) is 0 Å². The third-order valence-corrected chi connectivity index (χ3v) is 4.94. The molecule has 0 N–H and O–H groups in total. The van der Waals surface area contributed by atoms with E-state index < -0.39 is 0 Å². The van der Waals surface area contributed by atoms with E-state index in [9.17, 15) is 9.59 Å². The summed E-state index contributed by atoms with van der Waals surface area (Å²) in [6.45, 7) is 2.81. The average Bonchev–Trinajstić information content (AvgIpc) is 2.66. The quantitative estimate of drug-likeness (QED) is 0.198. The summed E-state index contributed by atoms with van der Waals surface area (Å²) in [5, 5.41) is 0. The number of unbranched alkanes of at least 4 members (excludes halogenated alkanes) is 5. The summed E-state index contributed by atoms with van der Waals surface area (Å²) in [5.41, 5.74) is 0.964. The Hall–Kier alpha value is -1.31. The average molecular weight is 490 g/mol. The molecule has 0 saturated carbocycles. The van der Waals surface area contributed by atoms with E-state index in [0.717, 1.165) is 59.8 Å². The maximum absolute atomic E-state index is 11.8. The first-order chi connectivity index (χ1) is 13.1. The molecule has 0 aliphatic rings. The second-order valence-corrected chi connectivity index (χ2v) is 7.63. The van der Waals surface area contributed by atoms with Crippen LogP contribution in [0.2, 0.25) is 0 Å². The summed E-state index contributed by atoms with van der Waals surface area (Å²) in [4.78, 5) is 23.2. The van der Waals surface area contributed by atoms with Crippen molar-refractivity contribution in [2.24, 2.45) is 0 Å². The van der Waals surface area contributed by atoms with Gasteiger partial charge in [-0.3, -0.25) is 9.59 Å². The molecule has 1 rings (SSSR count). The van der Waals surface area contributed by atoms with Crippen LogP contribution in [-0.4, -0.2) is 25.7 Å². The normalized spacial score (nSPS) is 10.5. The lowest BCUT2D eigenvalue weighted by Crippen LogP contribution is -2.05. The van der Waals surface area contributed by atoms with Crippen LogP contribution in [0.4, 0.5) is 0 Å². The first-order valence-corrected chi connectivity index (χ1v) is 10.8. The molecule has 0 bridgehead atoms. The maximum Gasteiger partial charge on any atom is 0.306 e. The molecule has 152 valence electrons. The fraction of sp³-hybridized carbons (Fsp3) is 0.619. The van der Waals surface area contributed by atoms with E-state index >= 15 is 0 Å². The number of carbonyl (C=O) groups is 2. The summed E-state index contributed by atoms with van der Waals surface area (Å²) in [5.74, 6) is 0.578. The number of rotatable bonds is 14. The molecule has 0 amide bonds. The number of hydrogen-bond acceptors (Lipinski definition) is 5. The van der Waals surface area contributed by atoms with Gasteiger partial charge in [-0.25, -0.2) is 0 Å². The lowest BCUT2D eigenvalue weighted by Gasteiger charge is -2.08. The van der Waals surface area contributed by atoms with Gasteiger partial charge in [0, 0.05) is 12.8 Å². The zero-order chi connectivity index (χ0) is 19.9. The number of methoxy groups -OCH3 is 1. The monoisotopic (exact) mass is 490 g/mol. The largest absolute Gasteiger partial charge is 0.496 e. The standard InChI is InChI=1S/C21H31IO5/c1-3-14-26-20(23)10-8-6-4-5-7-9-11-21(24)27-16-17-12-13-19(25-2)18(22)15-17/h12-13,15H,3-11,14,16H2,1-2H3. The van der Waals surface area contributed by atoms with Gasteiger partial charge in [0.1, 0.15) is 12.4 Å². The van der Waals surface area contributed by atoms with Crippen molar-refractivity contribution in [3.05, 3.63) is 27.3 Å². The zero-order valence-corrected chi connectivity index (χ0v) is 18.6. The first kappa shape index (κ1) is 23.7. The van der Waals surface area contributed by atoms with Crippen LogP contribution in [0.1, 0.15) is 70.3 Å². The Labute approximate surface area is 176 Å². The van der Waals surface area contributed by atoms with E-state index in [1.807, 2.05) is 25.1 Å². The number of carbonyl (C=O) groups excluding carboxylic acids is 2. The minimum Gasteiger partial charge on any atom is -0.496 e. The van der Waals surface area contributed by atoms with Crippen molar-refractivity contribution in [1.29, 1.82) is 0 Å². The maximum atomic E-state index is 11.8. The molecule has 0 saturated heterocycles. The molecule has 0 aliphatic heterocycles. The molecular weight excluding hydrogens is 459 g/mol. The van der Waals surface area contributed by atoms with Gasteiger partial charge in [-0.1, -0.05) is 38.7 Å². The molecule has 0 radical (unpaired) electrons. The molecule has 0 aromatic heterocycles. The number of hydrogen-bond donors (Lipinski definition) is 0. The van der Waals surface area contributed by atoms with E-state index in [0.29, 0.717) is 26.1 Å². The van der Waals surface area contributed by atoms with Crippen molar-refractivity contribution < 1.29 is 23.8 Å². The molecule has 0 fully saturated rings. The van der Waals surface area contributed by atoms with Crippen molar-refractivity contribution in [2.45, 2.75) is 71.3 Å². The van der Waals surface area contributed by atoms with Gasteiger partial charge in [-0.2, -0.15) is 0 Å². The molecule has 0 heterocycles. The molecule has 1 aromatic rings. The Morgan fingerprint density at radius 3 is 2.07 bits per heavy atom. The van der Waals surface area contributed by atoms with Crippen LogP contribution >= 0.6 is 22.6 Å². The van der Waals surface area contributed by atoms with Crippen molar-refractivity contribution in [2.75, 3.05) is 13.7 Å². The van der Waals surface area contributed by atoms with Gasteiger partial charge in [0.2, 0.25) is 0 Å². The molecule has 6 heteroatoms. The smallest absolute Gasteiger partial charge is 0.306 e. The molecule has 0 aliphatic carbocycles. The number of ether oxygens (including phenoxy) is 3. The van der Waals surface area contributed by atoms with Crippen molar-refractivity contribution in [1.82, 2.24) is 0 Å². The predicted octanol–water partition coefficient (Wildman–Crippen LogP) is 5.42. The van der Waals surface area contributed by atoms with E-state index in [-0.39, 0.29) is 11.9 Å². The van der Waals surface area contributed by atoms with Crippen LogP contribution in [-0.2, 0) is 25.7 Å². The third-order valence-electron chi connectivity index (χ3n) is 4.10. The minimum absolute atomic E-state index is 0.0915. The van der Waals surface area contributed by atoms with Crippen LogP contribution in [0.25, 0.3) is 0 Å². The summed E-state index contributed by atoms with van der Waals surface area (Å²) in [7, 11) is 1.64. The van der Waals surface area contributed by atoms with Crippen molar-refractivity contribution in [3.63, 3.8) is 0 Å². The lowest BCUT2D eigenvalue weighted by molar-refractivity contribution is -0.145. The topological polar surface area (TPSA) is 61.8 Å². The molecule has 0 spiro atoms. The van der Waals surface area contributed by atoms with Gasteiger partial charge >= 0.3 is 11.9 Å². The summed E-state index contributed by atoms with van der Waals surface area (Å²) in [6, 6.07) is 5.76.